The lowest BCUT2D eigenvalue weighted by molar-refractivity contribution is 0.187. The van der Waals surface area contributed by atoms with Gasteiger partial charge < -0.3 is 10.2 Å². The molecule has 1 aromatic heterocycles. The molecule has 0 spiro atoms. The highest BCUT2D eigenvalue weighted by Crippen LogP contribution is 2.28. The molecule has 38 heavy (non-hydrogen) atoms. The fourth-order valence-electron chi connectivity index (χ4n) is 4.81. The second kappa shape index (κ2) is 12.3. The summed E-state index contributed by atoms with van der Waals surface area (Å²) in [5.41, 5.74) is 3.71. The third kappa shape index (κ3) is 5.76. The van der Waals surface area contributed by atoms with Crippen LogP contribution in [0.5, 0.6) is 0 Å². The van der Waals surface area contributed by atoms with Crippen LogP contribution in [-0.4, -0.2) is 27.0 Å². The number of para-hydroxylation sites is 3. The number of hydrogen-bond acceptors (Lipinski definition) is 3. The van der Waals surface area contributed by atoms with Crippen molar-refractivity contribution in [1.82, 2.24) is 14.5 Å². The van der Waals surface area contributed by atoms with Crippen LogP contribution in [0.15, 0.2) is 71.5 Å². The van der Waals surface area contributed by atoms with Crippen LogP contribution < -0.4 is 10.9 Å². The zero-order valence-electron chi connectivity index (χ0n) is 22.5. The number of benzene rings is 3. The van der Waals surface area contributed by atoms with Crippen LogP contribution in [0.2, 0.25) is 5.02 Å². The summed E-state index contributed by atoms with van der Waals surface area (Å²) in [6, 6.07) is 19.7. The first-order valence-corrected chi connectivity index (χ1v) is 13.6. The molecule has 2 amide bonds. The van der Waals surface area contributed by atoms with Gasteiger partial charge in [-0.1, -0.05) is 80.3 Å². The highest BCUT2D eigenvalue weighted by Gasteiger charge is 2.28. The molecule has 1 unspecified atom stereocenters. The Bertz CT molecular complexity index is 1480. The summed E-state index contributed by atoms with van der Waals surface area (Å²) < 4.78 is 1.56. The number of fused-ring (bicyclic) bond motifs is 1. The third-order valence-electron chi connectivity index (χ3n) is 6.96. The van der Waals surface area contributed by atoms with E-state index in [1.54, 1.807) is 27.7 Å². The Hall–Kier alpha value is -3.64. The first kappa shape index (κ1) is 27.4. The SMILES string of the molecule is CCCCCCN(C(=O)Nc1c(C)cccc1C)C(C)c1nc2ccccc2c(=O)n1-c1ccccc1Cl. The van der Waals surface area contributed by atoms with Gasteiger partial charge in [0.25, 0.3) is 5.56 Å². The van der Waals surface area contributed by atoms with Gasteiger partial charge in [0.05, 0.1) is 27.7 Å². The molecule has 0 aliphatic rings. The van der Waals surface area contributed by atoms with Gasteiger partial charge in [0.2, 0.25) is 0 Å². The monoisotopic (exact) mass is 530 g/mol. The highest BCUT2D eigenvalue weighted by atomic mass is 35.5. The van der Waals surface area contributed by atoms with Gasteiger partial charge in [0.15, 0.2) is 0 Å². The maximum atomic E-state index is 13.8. The Kier molecular flexibility index (Phi) is 8.85. The lowest BCUT2D eigenvalue weighted by Gasteiger charge is -2.31. The molecule has 198 valence electrons. The van der Waals surface area contributed by atoms with Crippen LogP contribution in [0.3, 0.4) is 0 Å². The number of urea groups is 1. The minimum Gasteiger partial charge on any atom is -0.315 e. The highest BCUT2D eigenvalue weighted by molar-refractivity contribution is 6.32. The van der Waals surface area contributed by atoms with Crippen molar-refractivity contribution >= 4 is 34.2 Å². The van der Waals surface area contributed by atoms with E-state index in [-0.39, 0.29) is 11.6 Å². The molecule has 3 aromatic carbocycles. The zero-order valence-corrected chi connectivity index (χ0v) is 23.3. The zero-order chi connectivity index (χ0) is 27.2. The summed E-state index contributed by atoms with van der Waals surface area (Å²) in [5.74, 6) is 0.467. The van der Waals surface area contributed by atoms with Crippen LogP contribution >= 0.6 is 11.6 Å². The molecule has 0 aliphatic heterocycles. The Labute approximate surface area is 229 Å². The normalized spacial score (nSPS) is 11.9. The average Bonchev–Trinajstić information content (AvgIpc) is 2.91. The molecule has 6 nitrogen and oxygen atoms in total. The van der Waals surface area contributed by atoms with Gasteiger partial charge in [-0.25, -0.2) is 9.78 Å². The number of halogens is 1. The molecule has 0 bridgehead atoms. The summed E-state index contributed by atoms with van der Waals surface area (Å²) in [5, 5.41) is 4.08. The van der Waals surface area contributed by atoms with Crippen LogP contribution in [0.25, 0.3) is 16.6 Å². The molecular formula is C31H35ClN4O2. The molecule has 0 saturated carbocycles. The fourth-order valence-corrected chi connectivity index (χ4v) is 5.03. The number of carbonyl (C=O) groups excluding carboxylic acids is 1. The standard InChI is InChI=1S/C31H35ClN4O2/c1-5-6-7-12-20-35(31(38)34-28-21(2)14-13-15-22(28)3)23(4)29-33-26-18-10-8-16-24(26)30(37)36(29)27-19-11-9-17-25(27)32/h8-11,13-19,23H,5-7,12,20H2,1-4H3,(H,34,38). The van der Waals surface area contributed by atoms with Crippen molar-refractivity contribution in [2.75, 3.05) is 11.9 Å². The molecule has 4 rings (SSSR count). The summed E-state index contributed by atoms with van der Waals surface area (Å²) in [6.07, 6.45) is 4.06. The van der Waals surface area contributed by atoms with Gasteiger partial charge in [-0.3, -0.25) is 9.36 Å². The van der Waals surface area contributed by atoms with Crippen LogP contribution in [0, 0.1) is 13.8 Å². The average molecular weight is 531 g/mol. The maximum absolute atomic E-state index is 13.8. The van der Waals surface area contributed by atoms with Crippen molar-refractivity contribution in [3.05, 3.63) is 99.1 Å². The van der Waals surface area contributed by atoms with E-state index in [9.17, 15) is 9.59 Å². The summed E-state index contributed by atoms with van der Waals surface area (Å²) in [7, 11) is 0. The fraction of sp³-hybridized carbons (Fsp3) is 0.323. The predicted molar refractivity (Wildman–Crippen MR) is 157 cm³/mol. The van der Waals surface area contributed by atoms with Gasteiger partial charge in [-0.15, -0.1) is 0 Å². The molecule has 0 radical (unpaired) electrons. The Balaban J connectivity index is 1.83. The molecule has 1 atom stereocenters. The van der Waals surface area contributed by atoms with E-state index < -0.39 is 6.04 Å². The number of hydrogen-bond donors (Lipinski definition) is 1. The topological polar surface area (TPSA) is 67.2 Å². The second-order valence-electron chi connectivity index (χ2n) is 9.71. The number of carbonyl (C=O) groups is 1. The maximum Gasteiger partial charge on any atom is 0.322 e. The number of amides is 2. The van der Waals surface area contributed by atoms with E-state index in [0.717, 1.165) is 42.5 Å². The van der Waals surface area contributed by atoms with Crippen LogP contribution in [-0.2, 0) is 0 Å². The van der Waals surface area contributed by atoms with Crippen molar-refractivity contribution in [3.63, 3.8) is 0 Å². The third-order valence-corrected chi connectivity index (χ3v) is 7.28. The van der Waals surface area contributed by atoms with E-state index in [0.29, 0.717) is 34.0 Å². The molecule has 0 fully saturated rings. The number of rotatable bonds is 9. The van der Waals surface area contributed by atoms with E-state index in [2.05, 4.69) is 12.2 Å². The van der Waals surface area contributed by atoms with Gasteiger partial charge in [0, 0.05) is 12.2 Å². The number of nitrogens with one attached hydrogen (secondary N) is 1. The van der Waals surface area contributed by atoms with Gasteiger partial charge in [0.1, 0.15) is 5.82 Å². The molecule has 1 heterocycles. The minimum absolute atomic E-state index is 0.216. The lowest BCUT2D eigenvalue weighted by Crippen LogP contribution is -2.40. The molecule has 7 heteroatoms. The Morgan fingerprint density at radius 2 is 1.66 bits per heavy atom. The quantitative estimate of drug-likeness (QED) is 0.224. The van der Waals surface area contributed by atoms with E-state index in [1.165, 1.54) is 0 Å². The summed E-state index contributed by atoms with van der Waals surface area (Å²) >= 11 is 6.58. The van der Waals surface area contributed by atoms with Crippen LogP contribution in [0.1, 0.15) is 62.5 Å². The van der Waals surface area contributed by atoms with Crippen molar-refractivity contribution in [1.29, 1.82) is 0 Å². The molecule has 0 aliphatic carbocycles. The van der Waals surface area contributed by atoms with E-state index >= 15 is 0 Å². The Morgan fingerprint density at radius 3 is 2.37 bits per heavy atom. The number of aromatic nitrogens is 2. The lowest BCUT2D eigenvalue weighted by atomic mass is 10.1. The number of aryl methyl sites for hydroxylation is 2. The molecule has 1 N–H and O–H groups in total. The molecular weight excluding hydrogens is 496 g/mol. The number of nitrogens with zero attached hydrogens (tertiary/aromatic N) is 3. The minimum atomic E-state index is -0.505. The van der Waals surface area contributed by atoms with Crippen molar-refractivity contribution < 1.29 is 4.79 Å². The van der Waals surface area contributed by atoms with E-state index in [1.807, 2.05) is 69.3 Å². The van der Waals surface area contributed by atoms with Crippen molar-refractivity contribution in [3.8, 4) is 5.69 Å². The molecule has 4 aromatic rings. The first-order valence-electron chi connectivity index (χ1n) is 13.2. The van der Waals surface area contributed by atoms with E-state index in [4.69, 9.17) is 16.6 Å². The first-order chi connectivity index (χ1) is 18.3. The van der Waals surface area contributed by atoms with Crippen molar-refractivity contribution in [2.24, 2.45) is 0 Å². The van der Waals surface area contributed by atoms with Crippen molar-refractivity contribution in [2.45, 2.75) is 59.4 Å². The predicted octanol–water partition coefficient (Wildman–Crippen LogP) is 7.83. The van der Waals surface area contributed by atoms with Gasteiger partial charge in [-0.2, -0.15) is 0 Å². The summed E-state index contributed by atoms with van der Waals surface area (Å²) in [6.45, 7) is 8.58. The Morgan fingerprint density at radius 1 is 0.974 bits per heavy atom. The largest absolute Gasteiger partial charge is 0.322 e. The van der Waals surface area contributed by atoms with Crippen LogP contribution in [0.4, 0.5) is 10.5 Å². The molecule has 0 saturated heterocycles. The second-order valence-corrected chi connectivity index (χ2v) is 10.1. The number of unbranched alkanes of at least 4 members (excludes halogenated alkanes) is 3. The summed E-state index contributed by atoms with van der Waals surface area (Å²) in [4.78, 5) is 34.4. The van der Waals surface area contributed by atoms with Gasteiger partial charge >= 0.3 is 6.03 Å². The van der Waals surface area contributed by atoms with Gasteiger partial charge in [-0.05, 0) is 62.6 Å². The number of anilines is 1. The smallest absolute Gasteiger partial charge is 0.315 e.